The van der Waals surface area contributed by atoms with Crippen LogP contribution in [0, 0.1) is 0 Å². The molecule has 1 amide bonds. The topological polar surface area (TPSA) is 47.6 Å². The van der Waals surface area contributed by atoms with E-state index in [2.05, 4.69) is 5.32 Å². The summed E-state index contributed by atoms with van der Waals surface area (Å²) in [5, 5.41) is 2.82. The van der Waals surface area contributed by atoms with E-state index in [0.29, 0.717) is 28.6 Å². The van der Waals surface area contributed by atoms with Gasteiger partial charge in [-0.25, -0.2) is 0 Å². The number of ether oxygens (including phenoxy) is 2. The van der Waals surface area contributed by atoms with Gasteiger partial charge in [-0.2, -0.15) is 0 Å². The summed E-state index contributed by atoms with van der Waals surface area (Å²) in [6.45, 7) is 0. The van der Waals surface area contributed by atoms with Crippen LogP contribution in [0.15, 0.2) is 42.5 Å². The lowest BCUT2D eigenvalue weighted by Gasteiger charge is -2.11. The number of carbonyl (C=O) groups is 1. The van der Waals surface area contributed by atoms with Crippen LogP contribution in [0.1, 0.15) is 15.9 Å². The van der Waals surface area contributed by atoms with E-state index in [-0.39, 0.29) is 5.91 Å². The van der Waals surface area contributed by atoms with Gasteiger partial charge in [-0.15, -0.1) is 11.6 Å². The van der Waals surface area contributed by atoms with Crippen molar-refractivity contribution < 1.29 is 14.3 Å². The zero-order valence-electron chi connectivity index (χ0n) is 11.9. The zero-order chi connectivity index (χ0) is 15.2. The van der Waals surface area contributed by atoms with Crippen LogP contribution < -0.4 is 14.8 Å². The molecule has 2 aromatic carbocycles. The monoisotopic (exact) mass is 305 g/mol. The molecule has 4 nitrogen and oxygen atoms in total. The number of benzene rings is 2. The van der Waals surface area contributed by atoms with Crippen molar-refractivity contribution in [3.63, 3.8) is 0 Å². The first kappa shape index (κ1) is 15.2. The Morgan fingerprint density at radius 1 is 1.10 bits per heavy atom. The Labute approximate surface area is 128 Å². The number of hydrogen-bond donors (Lipinski definition) is 1. The van der Waals surface area contributed by atoms with E-state index in [1.165, 1.54) is 7.11 Å². The number of anilines is 1. The number of nitrogens with one attached hydrogen (secondary N) is 1. The lowest BCUT2D eigenvalue weighted by Crippen LogP contribution is -2.13. The summed E-state index contributed by atoms with van der Waals surface area (Å²) in [6.07, 6.45) is 0. The Bertz CT molecular complexity index is 626. The van der Waals surface area contributed by atoms with Crippen LogP contribution in [0.5, 0.6) is 11.5 Å². The Kier molecular flexibility index (Phi) is 5.06. The first-order valence-electron chi connectivity index (χ1n) is 6.36. The SMILES string of the molecule is COc1ccc(OC)c(C(=O)Nc2ccc(CCl)cc2)c1. The van der Waals surface area contributed by atoms with Gasteiger partial charge in [-0.05, 0) is 35.9 Å². The van der Waals surface area contributed by atoms with Crippen molar-refractivity contribution in [1.82, 2.24) is 0 Å². The minimum atomic E-state index is -0.260. The summed E-state index contributed by atoms with van der Waals surface area (Å²) < 4.78 is 10.3. The predicted molar refractivity (Wildman–Crippen MR) is 83.5 cm³/mol. The fourth-order valence-electron chi connectivity index (χ4n) is 1.87. The van der Waals surface area contributed by atoms with E-state index >= 15 is 0 Å². The lowest BCUT2D eigenvalue weighted by molar-refractivity contribution is 0.102. The Morgan fingerprint density at radius 2 is 1.81 bits per heavy atom. The van der Waals surface area contributed by atoms with Gasteiger partial charge in [-0.3, -0.25) is 4.79 Å². The van der Waals surface area contributed by atoms with E-state index in [0.717, 1.165) is 5.56 Å². The van der Waals surface area contributed by atoms with Crippen molar-refractivity contribution in [1.29, 1.82) is 0 Å². The van der Waals surface area contributed by atoms with E-state index in [9.17, 15) is 4.79 Å². The molecule has 2 aromatic rings. The van der Waals surface area contributed by atoms with Crippen LogP contribution in [0.2, 0.25) is 0 Å². The van der Waals surface area contributed by atoms with E-state index < -0.39 is 0 Å². The van der Waals surface area contributed by atoms with Gasteiger partial charge in [0.2, 0.25) is 0 Å². The molecule has 5 heteroatoms. The molecule has 0 saturated carbocycles. The third-order valence-corrected chi connectivity index (χ3v) is 3.33. The zero-order valence-corrected chi connectivity index (χ0v) is 12.6. The van der Waals surface area contributed by atoms with E-state index in [1.54, 1.807) is 25.3 Å². The minimum Gasteiger partial charge on any atom is -0.497 e. The van der Waals surface area contributed by atoms with Crippen molar-refractivity contribution >= 4 is 23.2 Å². The Morgan fingerprint density at radius 3 is 2.38 bits per heavy atom. The highest BCUT2D eigenvalue weighted by molar-refractivity contribution is 6.17. The molecule has 21 heavy (non-hydrogen) atoms. The van der Waals surface area contributed by atoms with Crippen LogP contribution >= 0.6 is 11.6 Å². The van der Waals surface area contributed by atoms with E-state index in [4.69, 9.17) is 21.1 Å². The number of alkyl halides is 1. The normalized spacial score (nSPS) is 10.0. The highest BCUT2D eigenvalue weighted by atomic mass is 35.5. The first-order valence-corrected chi connectivity index (χ1v) is 6.89. The van der Waals surface area contributed by atoms with Crippen molar-refractivity contribution in [3.8, 4) is 11.5 Å². The molecule has 0 aromatic heterocycles. The van der Waals surface area contributed by atoms with Crippen molar-refractivity contribution in [3.05, 3.63) is 53.6 Å². The number of amides is 1. The van der Waals surface area contributed by atoms with Crippen LogP contribution in [-0.2, 0) is 5.88 Å². The van der Waals surface area contributed by atoms with Gasteiger partial charge in [0.15, 0.2) is 0 Å². The molecule has 110 valence electrons. The summed E-state index contributed by atoms with van der Waals surface area (Å²) in [6, 6.07) is 12.4. The van der Waals surface area contributed by atoms with Crippen molar-refractivity contribution in [2.75, 3.05) is 19.5 Å². The largest absolute Gasteiger partial charge is 0.497 e. The van der Waals surface area contributed by atoms with Gasteiger partial charge < -0.3 is 14.8 Å². The van der Waals surface area contributed by atoms with Gasteiger partial charge in [0.25, 0.3) is 5.91 Å². The molecule has 2 rings (SSSR count). The molecule has 0 aliphatic rings. The number of hydrogen-bond acceptors (Lipinski definition) is 3. The van der Waals surface area contributed by atoms with Crippen molar-refractivity contribution in [2.45, 2.75) is 5.88 Å². The summed E-state index contributed by atoms with van der Waals surface area (Å²) in [5.41, 5.74) is 2.10. The third-order valence-electron chi connectivity index (χ3n) is 3.02. The average Bonchev–Trinajstić information content (AvgIpc) is 2.54. The van der Waals surface area contributed by atoms with Gasteiger partial charge in [0.1, 0.15) is 11.5 Å². The molecule has 0 atom stereocenters. The standard InChI is InChI=1S/C16H16ClNO3/c1-20-13-7-8-15(21-2)14(9-13)16(19)18-12-5-3-11(10-17)4-6-12/h3-9H,10H2,1-2H3,(H,18,19). The maximum Gasteiger partial charge on any atom is 0.259 e. The Hall–Kier alpha value is -2.20. The number of methoxy groups -OCH3 is 2. The molecule has 0 spiro atoms. The smallest absolute Gasteiger partial charge is 0.259 e. The summed E-state index contributed by atoms with van der Waals surface area (Å²) >= 11 is 5.74. The first-order chi connectivity index (χ1) is 10.2. The molecule has 0 saturated heterocycles. The predicted octanol–water partition coefficient (Wildman–Crippen LogP) is 3.69. The van der Waals surface area contributed by atoms with E-state index in [1.807, 2.05) is 24.3 Å². The molecular formula is C16H16ClNO3. The Balaban J connectivity index is 2.22. The minimum absolute atomic E-state index is 0.260. The third kappa shape index (κ3) is 3.67. The molecular weight excluding hydrogens is 290 g/mol. The fourth-order valence-corrected chi connectivity index (χ4v) is 2.05. The maximum atomic E-state index is 12.3. The van der Waals surface area contributed by atoms with Gasteiger partial charge in [-0.1, -0.05) is 12.1 Å². The molecule has 0 heterocycles. The molecule has 0 aliphatic carbocycles. The summed E-state index contributed by atoms with van der Waals surface area (Å²) in [7, 11) is 3.07. The molecule has 0 fully saturated rings. The molecule has 0 radical (unpaired) electrons. The molecule has 1 N–H and O–H groups in total. The second-order valence-electron chi connectivity index (χ2n) is 4.35. The van der Waals surface area contributed by atoms with Crippen LogP contribution in [0.25, 0.3) is 0 Å². The maximum absolute atomic E-state index is 12.3. The van der Waals surface area contributed by atoms with Gasteiger partial charge >= 0.3 is 0 Å². The van der Waals surface area contributed by atoms with Gasteiger partial charge in [0, 0.05) is 11.6 Å². The molecule has 0 bridgehead atoms. The highest BCUT2D eigenvalue weighted by Crippen LogP contribution is 2.25. The lowest BCUT2D eigenvalue weighted by atomic mass is 10.1. The quantitative estimate of drug-likeness (QED) is 0.857. The second-order valence-corrected chi connectivity index (χ2v) is 4.62. The second kappa shape index (κ2) is 6.99. The van der Waals surface area contributed by atoms with Crippen LogP contribution in [0.3, 0.4) is 0 Å². The summed E-state index contributed by atoms with van der Waals surface area (Å²) in [4.78, 5) is 12.3. The number of carbonyl (C=O) groups excluding carboxylic acids is 1. The van der Waals surface area contributed by atoms with Gasteiger partial charge in [0.05, 0.1) is 19.8 Å². The van der Waals surface area contributed by atoms with Crippen molar-refractivity contribution in [2.24, 2.45) is 0 Å². The number of halogens is 1. The average molecular weight is 306 g/mol. The molecule has 0 unspecified atom stereocenters. The van der Waals surface area contributed by atoms with Crippen LogP contribution in [0.4, 0.5) is 5.69 Å². The summed E-state index contributed by atoms with van der Waals surface area (Å²) in [5.74, 6) is 1.27. The van der Waals surface area contributed by atoms with Crippen LogP contribution in [-0.4, -0.2) is 20.1 Å². The highest BCUT2D eigenvalue weighted by Gasteiger charge is 2.13. The fraction of sp³-hybridized carbons (Fsp3) is 0.188. The number of rotatable bonds is 5. The molecule has 0 aliphatic heterocycles.